The molecule has 218 valence electrons. The highest BCUT2D eigenvalue weighted by atomic mass is 16.5. The molecule has 1 aliphatic rings. The number of rotatable bonds is 12. The van der Waals surface area contributed by atoms with E-state index in [1.807, 2.05) is 48.5 Å². The van der Waals surface area contributed by atoms with Crippen molar-refractivity contribution in [3.8, 4) is 0 Å². The maximum Gasteiger partial charge on any atom is 0.408 e. The molecule has 1 heterocycles. The van der Waals surface area contributed by atoms with Gasteiger partial charge in [0.15, 0.2) is 0 Å². The second-order valence-corrected chi connectivity index (χ2v) is 10.1. The molecule has 0 saturated carbocycles. The average Bonchev–Trinajstić information content (AvgIpc) is 3.50. The molecule has 42 heavy (non-hydrogen) atoms. The minimum Gasteiger partial charge on any atom is -0.480 e. The van der Waals surface area contributed by atoms with E-state index in [1.165, 1.54) is 4.90 Å². The molecule has 3 N–H and O–H groups in total. The van der Waals surface area contributed by atoms with Crippen LogP contribution in [0.1, 0.15) is 29.5 Å². The minimum absolute atomic E-state index is 0.00331. The molecule has 0 aliphatic carbocycles. The number of hydrogen-bond acceptors (Lipinski definition) is 6. The first-order valence-corrected chi connectivity index (χ1v) is 13.7. The number of hydrogen-bond donors (Lipinski definition) is 3. The van der Waals surface area contributed by atoms with Gasteiger partial charge in [0.05, 0.1) is 0 Å². The summed E-state index contributed by atoms with van der Waals surface area (Å²) in [4.78, 5) is 65.7. The second-order valence-electron chi connectivity index (χ2n) is 10.1. The molecule has 0 aromatic heterocycles. The highest BCUT2D eigenvalue weighted by molar-refractivity contribution is 6.38. The summed E-state index contributed by atoms with van der Waals surface area (Å²) in [6.07, 6.45) is 0.0556. The standard InChI is InChI=1S/C32H33N3O7/c36-28(29(37)33-26(31(39)40)20-23-13-6-2-7-14-23)27-17-10-18-35(27)30(38)25(19-22-11-4-1-5-12-22)34-32(41)42-21-24-15-8-3-9-16-24/h1-9,11-16,25-27H,10,17-21H2,(H,33,37)(H,34,41)(H,39,40)/t25-,26+,27-/m0/s1. The molecule has 1 aliphatic heterocycles. The molecule has 0 unspecified atom stereocenters. The number of carbonyl (C=O) groups is 5. The van der Waals surface area contributed by atoms with E-state index in [4.69, 9.17) is 4.74 Å². The number of nitrogens with one attached hydrogen (secondary N) is 2. The van der Waals surface area contributed by atoms with E-state index >= 15 is 0 Å². The van der Waals surface area contributed by atoms with Gasteiger partial charge in [-0.15, -0.1) is 0 Å². The van der Waals surface area contributed by atoms with E-state index in [0.717, 1.165) is 11.1 Å². The summed E-state index contributed by atoms with van der Waals surface area (Å²) >= 11 is 0. The van der Waals surface area contributed by atoms with Crippen LogP contribution in [0.3, 0.4) is 0 Å². The lowest BCUT2D eigenvalue weighted by Gasteiger charge is -2.28. The summed E-state index contributed by atoms with van der Waals surface area (Å²) in [5.41, 5.74) is 2.25. The van der Waals surface area contributed by atoms with Gasteiger partial charge in [0.1, 0.15) is 24.7 Å². The van der Waals surface area contributed by atoms with Gasteiger partial charge >= 0.3 is 12.1 Å². The molecule has 0 radical (unpaired) electrons. The number of alkyl carbamates (subject to hydrolysis) is 1. The number of ether oxygens (including phenoxy) is 1. The van der Waals surface area contributed by atoms with Crippen LogP contribution in [0.15, 0.2) is 91.0 Å². The van der Waals surface area contributed by atoms with Crippen molar-refractivity contribution >= 4 is 29.7 Å². The summed E-state index contributed by atoms with van der Waals surface area (Å²) in [6.45, 7) is 0.221. The number of ketones is 1. The van der Waals surface area contributed by atoms with Crippen molar-refractivity contribution in [2.24, 2.45) is 0 Å². The fraction of sp³-hybridized carbons (Fsp3) is 0.281. The average molecular weight is 572 g/mol. The van der Waals surface area contributed by atoms with Crippen LogP contribution in [-0.2, 0) is 43.4 Å². The summed E-state index contributed by atoms with van der Waals surface area (Å²) in [5, 5.41) is 14.6. The maximum absolute atomic E-state index is 13.7. The van der Waals surface area contributed by atoms with Crippen LogP contribution in [0.5, 0.6) is 0 Å². The predicted octanol–water partition coefficient (Wildman–Crippen LogP) is 2.90. The highest BCUT2D eigenvalue weighted by Crippen LogP contribution is 2.21. The third kappa shape index (κ3) is 8.26. The molecule has 10 nitrogen and oxygen atoms in total. The Labute approximate surface area is 243 Å². The molecular formula is C32H33N3O7. The number of carboxylic acid groups (broad SMARTS) is 1. The molecule has 4 rings (SSSR count). The molecule has 0 spiro atoms. The SMILES string of the molecule is O=C(N[C@@H](Cc1ccccc1)C(=O)N1CCC[C@H]1C(=O)C(=O)N[C@H](Cc1ccccc1)C(=O)O)OCc1ccccc1. The zero-order valence-corrected chi connectivity index (χ0v) is 23.0. The highest BCUT2D eigenvalue weighted by Gasteiger charge is 2.40. The van der Waals surface area contributed by atoms with E-state index in [1.54, 1.807) is 42.5 Å². The summed E-state index contributed by atoms with van der Waals surface area (Å²) < 4.78 is 5.33. The lowest BCUT2D eigenvalue weighted by atomic mass is 10.0. The smallest absolute Gasteiger partial charge is 0.408 e. The van der Waals surface area contributed by atoms with E-state index in [-0.39, 0.29) is 32.4 Å². The van der Waals surface area contributed by atoms with E-state index in [2.05, 4.69) is 10.6 Å². The van der Waals surface area contributed by atoms with Crippen LogP contribution in [0, 0.1) is 0 Å². The summed E-state index contributed by atoms with van der Waals surface area (Å²) in [6, 6.07) is 23.5. The fourth-order valence-electron chi connectivity index (χ4n) is 4.89. The lowest BCUT2D eigenvalue weighted by molar-refractivity contribution is -0.147. The number of Topliss-reactive ketones (excluding diaryl/α,β-unsaturated/α-hetero) is 1. The van der Waals surface area contributed by atoms with Crippen molar-refractivity contribution in [2.45, 2.75) is 50.4 Å². The third-order valence-electron chi connectivity index (χ3n) is 7.03. The van der Waals surface area contributed by atoms with Gasteiger partial charge in [-0.3, -0.25) is 14.4 Å². The van der Waals surface area contributed by atoms with Crippen molar-refractivity contribution in [1.82, 2.24) is 15.5 Å². The van der Waals surface area contributed by atoms with Gasteiger partial charge < -0.3 is 25.4 Å². The normalized spacial score (nSPS) is 15.7. The lowest BCUT2D eigenvalue weighted by Crippen LogP contribution is -2.55. The molecule has 0 bridgehead atoms. The molecule has 3 amide bonds. The zero-order chi connectivity index (χ0) is 29.9. The van der Waals surface area contributed by atoms with Gasteiger partial charge in [0, 0.05) is 19.4 Å². The Bertz CT molecular complexity index is 1380. The Morgan fingerprint density at radius 2 is 1.29 bits per heavy atom. The van der Waals surface area contributed by atoms with Crippen LogP contribution in [-0.4, -0.2) is 64.3 Å². The summed E-state index contributed by atoms with van der Waals surface area (Å²) in [5.74, 6) is -3.78. The number of carbonyl (C=O) groups excluding carboxylic acids is 4. The monoisotopic (exact) mass is 571 g/mol. The topological polar surface area (TPSA) is 142 Å². The molecule has 3 aromatic rings. The number of nitrogens with zero attached hydrogens (tertiary/aromatic N) is 1. The predicted molar refractivity (Wildman–Crippen MR) is 153 cm³/mol. The zero-order valence-electron chi connectivity index (χ0n) is 23.0. The van der Waals surface area contributed by atoms with E-state index in [0.29, 0.717) is 12.0 Å². The van der Waals surface area contributed by atoms with Gasteiger partial charge in [-0.1, -0.05) is 91.0 Å². The number of aliphatic carboxylic acids is 1. The number of benzene rings is 3. The Hall–Kier alpha value is -4.99. The van der Waals surface area contributed by atoms with Crippen LogP contribution < -0.4 is 10.6 Å². The van der Waals surface area contributed by atoms with Gasteiger partial charge in [-0.2, -0.15) is 0 Å². The van der Waals surface area contributed by atoms with E-state index < -0.39 is 47.8 Å². The Kier molecular flexibility index (Phi) is 10.4. The van der Waals surface area contributed by atoms with Crippen molar-refractivity contribution in [2.75, 3.05) is 6.54 Å². The molecule has 3 atom stereocenters. The Balaban J connectivity index is 1.44. The number of carboxylic acids is 1. The van der Waals surface area contributed by atoms with Gasteiger partial charge in [0.2, 0.25) is 11.7 Å². The molecule has 1 saturated heterocycles. The van der Waals surface area contributed by atoms with Crippen molar-refractivity contribution in [3.05, 3.63) is 108 Å². The first kappa shape index (κ1) is 30.0. The third-order valence-corrected chi connectivity index (χ3v) is 7.03. The second kappa shape index (κ2) is 14.6. The maximum atomic E-state index is 13.7. The Morgan fingerprint density at radius 1 is 0.762 bits per heavy atom. The number of amides is 3. The molecular weight excluding hydrogens is 538 g/mol. The van der Waals surface area contributed by atoms with Crippen molar-refractivity contribution in [1.29, 1.82) is 0 Å². The van der Waals surface area contributed by atoms with Gasteiger partial charge in [-0.25, -0.2) is 9.59 Å². The van der Waals surface area contributed by atoms with Gasteiger partial charge in [-0.05, 0) is 29.5 Å². The molecule has 1 fully saturated rings. The van der Waals surface area contributed by atoms with E-state index in [9.17, 15) is 29.1 Å². The van der Waals surface area contributed by atoms with Crippen molar-refractivity contribution < 1.29 is 33.8 Å². The largest absolute Gasteiger partial charge is 0.480 e. The quantitative estimate of drug-likeness (QED) is 0.284. The first-order chi connectivity index (χ1) is 20.3. The van der Waals surface area contributed by atoms with Crippen LogP contribution >= 0.6 is 0 Å². The van der Waals surface area contributed by atoms with Crippen LogP contribution in [0.25, 0.3) is 0 Å². The van der Waals surface area contributed by atoms with Crippen molar-refractivity contribution in [3.63, 3.8) is 0 Å². The van der Waals surface area contributed by atoms with Gasteiger partial charge in [0.25, 0.3) is 5.91 Å². The molecule has 3 aromatic carbocycles. The van der Waals surface area contributed by atoms with Crippen LogP contribution in [0.4, 0.5) is 4.79 Å². The minimum atomic E-state index is -1.32. The summed E-state index contributed by atoms with van der Waals surface area (Å²) in [7, 11) is 0. The number of likely N-dealkylation sites (tertiary alicyclic amines) is 1. The first-order valence-electron chi connectivity index (χ1n) is 13.7. The van der Waals surface area contributed by atoms with Crippen LogP contribution in [0.2, 0.25) is 0 Å². The Morgan fingerprint density at radius 3 is 1.83 bits per heavy atom. The fourth-order valence-corrected chi connectivity index (χ4v) is 4.89. The molecule has 10 heteroatoms.